The van der Waals surface area contributed by atoms with Gasteiger partial charge < -0.3 is 19.5 Å². The number of amides is 2. The van der Waals surface area contributed by atoms with E-state index < -0.39 is 11.8 Å². The number of carbonyl (C=O) groups excluding carboxylic acids is 2. The van der Waals surface area contributed by atoms with Crippen molar-refractivity contribution in [2.24, 2.45) is 5.10 Å². The van der Waals surface area contributed by atoms with E-state index in [0.717, 1.165) is 5.56 Å². The Bertz CT molecular complexity index is 1230. The van der Waals surface area contributed by atoms with E-state index >= 15 is 0 Å². The van der Waals surface area contributed by atoms with Crippen molar-refractivity contribution in [3.63, 3.8) is 0 Å². The number of aryl methyl sites for hydroxylation is 1. The van der Waals surface area contributed by atoms with E-state index in [0.29, 0.717) is 46.2 Å². The van der Waals surface area contributed by atoms with Crippen LogP contribution in [0, 0.1) is 6.92 Å². The maximum absolute atomic E-state index is 12.1. The average Bonchev–Trinajstić information content (AvgIpc) is 2.85. The summed E-state index contributed by atoms with van der Waals surface area (Å²) in [7, 11) is 1.54. The highest BCUT2D eigenvalue weighted by atomic mass is 79.9. The lowest BCUT2D eigenvalue weighted by atomic mass is 10.2. The van der Waals surface area contributed by atoms with Crippen LogP contribution in [0.2, 0.25) is 0 Å². The zero-order chi connectivity index (χ0) is 25.9. The molecule has 188 valence electrons. The van der Waals surface area contributed by atoms with E-state index in [9.17, 15) is 9.59 Å². The lowest BCUT2D eigenvalue weighted by Gasteiger charge is -2.15. The number of benzene rings is 3. The molecule has 2 N–H and O–H groups in total. The molecular formula is C27H28BrN3O5. The first-order chi connectivity index (χ1) is 17.4. The topological polar surface area (TPSA) is 98.2 Å². The van der Waals surface area contributed by atoms with Crippen LogP contribution in [-0.4, -0.2) is 31.7 Å². The van der Waals surface area contributed by atoms with Crippen molar-refractivity contribution in [3.05, 3.63) is 81.8 Å². The minimum atomic E-state index is -0.547. The summed E-state index contributed by atoms with van der Waals surface area (Å²) in [5.41, 5.74) is 5.80. The van der Waals surface area contributed by atoms with E-state index in [1.165, 1.54) is 18.9 Å². The monoisotopic (exact) mass is 553 g/mol. The molecule has 0 aromatic heterocycles. The largest absolute Gasteiger partial charge is 0.497 e. The molecule has 36 heavy (non-hydrogen) atoms. The van der Waals surface area contributed by atoms with Gasteiger partial charge in [-0.25, -0.2) is 5.43 Å². The van der Waals surface area contributed by atoms with Crippen molar-refractivity contribution in [2.45, 2.75) is 26.9 Å². The molecule has 3 aromatic carbocycles. The zero-order valence-electron chi connectivity index (χ0n) is 20.3. The van der Waals surface area contributed by atoms with Crippen LogP contribution < -0.4 is 25.0 Å². The number of rotatable bonds is 11. The quantitative estimate of drug-likeness (QED) is 0.192. The number of methoxy groups -OCH3 is 1. The zero-order valence-corrected chi connectivity index (χ0v) is 21.9. The highest BCUT2D eigenvalue weighted by Gasteiger charge is 2.13. The molecule has 3 rings (SSSR count). The van der Waals surface area contributed by atoms with Crippen molar-refractivity contribution < 1.29 is 23.8 Å². The second-order valence-electron chi connectivity index (χ2n) is 7.79. The van der Waals surface area contributed by atoms with Crippen molar-refractivity contribution in [1.82, 2.24) is 5.43 Å². The summed E-state index contributed by atoms with van der Waals surface area (Å²) >= 11 is 3.53. The Labute approximate surface area is 218 Å². The van der Waals surface area contributed by atoms with Crippen LogP contribution >= 0.6 is 15.9 Å². The van der Waals surface area contributed by atoms with Crippen molar-refractivity contribution in [1.29, 1.82) is 0 Å². The van der Waals surface area contributed by atoms with Crippen LogP contribution in [0.4, 0.5) is 5.69 Å². The molecule has 0 aliphatic rings. The van der Waals surface area contributed by atoms with E-state index in [-0.39, 0.29) is 6.42 Å². The summed E-state index contributed by atoms with van der Waals surface area (Å²) in [6, 6.07) is 18.5. The maximum atomic E-state index is 12.1. The van der Waals surface area contributed by atoms with Gasteiger partial charge in [-0.05, 0) is 65.2 Å². The number of ether oxygens (including phenoxy) is 3. The molecule has 0 saturated carbocycles. The third-order valence-corrected chi connectivity index (χ3v) is 5.50. The van der Waals surface area contributed by atoms with Gasteiger partial charge in [0.05, 0.1) is 24.4 Å². The van der Waals surface area contributed by atoms with Crippen LogP contribution in [0.5, 0.6) is 17.2 Å². The molecule has 3 aromatic rings. The first-order valence-corrected chi connectivity index (χ1v) is 12.1. The van der Waals surface area contributed by atoms with Crippen LogP contribution in [0.15, 0.2) is 70.2 Å². The van der Waals surface area contributed by atoms with Crippen LogP contribution in [0.25, 0.3) is 0 Å². The average molecular weight is 554 g/mol. The Hall–Kier alpha value is -3.85. The number of hydrogen-bond acceptors (Lipinski definition) is 6. The Morgan fingerprint density at radius 3 is 2.53 bits per heavy atom. The van der Waals surface area contributed by atoms with Crippen molar-refractivity contribution in [3.8, 4) is 17.2 Å². The van der Waals surface area contributed by atoms with Crippen molar-refractivity contribution in [2.75, 3.05) is 19.0 Å². The predicted octanol–water partition coefficient (Wildman–Crippen LogP) is 5.22. The number of halogens is 1. The highest BCUT2D eigenvalue weighted by Crippen LogP contribution is 2.37. The summed E-state index contributed by atoms with van der Waals surface area (Å²) in [4.78, 5) is 24.3. The van der Waals surface area contributed by atoms with E-state index in [4.69, 9.17) is 14.2 Å². The van der Waals surface area contributed by atoms with Gasteiger partial charge in [0.15, 0.2) is 11.5 Å². The van der Waals surface area contributed by atoms with Crippen molar-refractivity contribution >= 4 is 39.6 Å². The van der Waals surface area contributed by atoms with Gasteiger partial charge in [-0.3, -0.25) is 9.59 Å². The standard InChI is InChI=1S/C27H28BrN3O5/c1-4-35-24-13-20(12-23(28)27(24)36-17-19-10-8-18(2)9-11-19)16-29-31-26(33)15-25(32)30-21-6-5-7-22(14-21)34-3/h5-14,16H,4,15,17H2,1-3H3,(H,30,32)(H,31,33). The molecule has 8 nitrogen and oxygen atoms in total. The first-order valence-electron chi connectivity index (χ1n) is 11.3. The molecule has 0 radical (unpaired) electrons. The second-order valence-corrected chi connectivity index (χ2v) is 8.64. The Kier molecular flexibility index (Phi) is 9.88. The number of nitrogens with one attached hydrogen (secondary N) is 2. The summed E-state index contributed by atoms with van der Waals surface area (Å²) in [6.07, 6.45) is 1.09. The second kappa shape index (κ2) is 13.3. The summed E-state index contributed by atoms with van der Waals surface area (Å²) in [5, 5.41) is 6.61. The predicted molar refractivity (Wildman–Crippen MR) is 143 cm³/mol. The van der Waals surface area contributed by atoms with Crippen LogP contribution in [0.1, 0.15) is 30.0 Å². The van der Waals surface area contributed by atoms with Gasteiger partial charge in [0.25, 0.3) is 0 Å². The smallest absolute Gasteiger partial charge is 0.249 e. The number of nitrogens with zero attached hydrogens (tertiary/aromatic N) is 1. The maximum Gasteiger partial charge on any atom is 0.249 e. The molecule has 0 heterocycles. The lowest BCUT2D eigenvalue weighted by Crippen LogP contribution is -2.24. The normalized spacial score (nSPS) is 10.7. The molecule has 0 aliphatic carbocycles. The SMILES string of the molecule is CCOc1cc(C=NNC(=O)CC(=O)Nc2cccc(OC)c2)cc(Br)c1OCc1ccc(C)cc1. The number of anilines is 1. The third kappa shape index (κ3) is 8.13. The van der Waals surface area contributed by atoms with Crippen LogP contribution in [0.3, 0.4) is 0 Å². The minimum absolute atomic E-state index is 0.381. The van der Waals surface area contributed by atoms with Gasteiger partial charge >= 0.3 is 0 Å². The lowest BCUT2D eigenvalue weighted by molar-refractivity contribution is -0.126. The molecule has 9 heteroatoms. The molecule has 0 fully saturated rings. The molecule has 0 unspecified atom stereocenters. The summed E-state index contributed by atoms with van der Waals surface area (Å²) in [6.45, 7) is 4.76. The fraction of sp³-hybridized carbons (Fsp3) is 0.222. The van der Waals surface area contributed by atoms with Gasteiger partial charge in [-0.1, -0.05) is 35.9 Å². The molecule has 2 amide bonds. The van der Waals surface area contributed by atoms with Gasteiger partial charge in [0.1, 0.15) is 18.8 Å². The van der Waals surface area contributed by atoms with Gasteiger partial charge in [0.2, 0.25) is 11.8 Å². The first kappa shape index (κ1) is 26.7. The minimum Gasteiger partial charge on any atom is -0.497 e. The number of carbonyl (C=O) groups is 2. The Morgan fingerprint density at radius 1 is 1.03 bits per heavy atom. The third-order valence-electron chi connectivity index (χ3n) is 4.91. The van der Waals surface area contributed by atoms with E-state index in [1.807, 2.05) is 38.1 Å². The Balaban J connectivity index is 1.58. The van der Waals surface area contributed by atoms with Gasteiger partial charge in [-0.15, -0.1) is 0 Å². The highest BCUT2D eigenvalue weighted by molar-refractivity contribution is 9.10. The van der Waals surface area contributed by atoms with Gasteiger partial charge in [-0.2, -0.15) is 5.10 Å². The molecule has 0 saturated heterocycles. The van der Waals surface area contributed by atoms with E-state index in [1.54, 1.807) is 36.4 Å². The Morgan fingerprint density at radius 2 is 1.81 bits per heavy atom. The van der Waals surface area contributed by atoms with E-state index in [2.05, 4.69) is 31.8 Å². The van der Waals surface area contributed by atoms with Gasteiger partial charge in [0, 0.05) is 11.8 Å². The molecule has 0 aliphatic heterocycles. The molecule has 0 atom stereocenters. The fourth-order valence-corrected chi connectivity index (χ4v) is 3.75. The molecular weight excluding hydrogens is 526 g/mol. The summed E-state index contributed by atoms with van der Waals surface area (Å²) < 4.78 is 17.6. The number of hydrogen-bond donors (Lipinski definition) is 2. The molecule has 0 bridgehead atoms. The molecule has 0 spiro atoms. The van der Waals surface area contributed by atoms with Crippen LogP contribution in [-0.2, 0) is 16.2 Å². The number of hydrazone groups is 1. The summed E-state index contributed by atoms with van der Waals surface area (Å²) in [5.74, 6) is 0.712. The fourth-order valence-electron chi connectivity index (χ4n) is 3.18.